The van der Waals surface area contributed by atoms with Gasteiger partial charge in [-0.2, -0.15) is 5.10 Å². The first-order valence-electron chi connectivity index (χ1n) is 11.6. The van der Waals surface area contributed by atoms with Crippen LogP contribution >= 0.6 is 0 Å². The molecule has 10 nitrogen and oxygen atoms in total. The zero-order valence-corrected chi connectivity index (χ0v) is 20.9. The van der Waals surface area contributed by atoms with Crippen LogP contribution in [0.1, 0.15) is 17.7 Å². The highest BCUT2D eigenvalue weighted by Gasteiger charge is 2.21. The minimum absolute atomic E-state index is 0.138. The summed E-state index contributed by atoms with van der Waals surface area (Å²) in [5.41, 5.74) is 0.769. The Morgan fingerprint density at radius 2 is 1.64 bits per heavy atom. The molecule has 1 aliphatic heterocycles. The first-order valence-corrected chi connectivity index (χ1v) is 11.6. The average molecular weight is 504 g/mol. The number of aromatic nitrogens is 4. The molecule has 0 amide bonds. The molecule has 1 aromatic carbocycles. The van der Waals surface area contributed by atoms with Crippen LogP contribution in [0, 0.1) is 11.6 Å². The van der Waals surface area contributed by atoms with Gasteiger partial charge in [0.25, 0.3) is 0 Å². The standard InChI is InChI=1S/C24H31F2N7O3/c1-31-6-5-7-33(9-8-31)14-16-10-21(30-32(16)2)29-24-27-12-17(13-28-24)36-15-18-22(25)19(34-3)11-20(35-4)23(18)26/h10-13H,5-9,14-15H2,1-4H3,(H,27,28,29,30). The van der Waals surface area contributed by atoms with Gasteiger partial charge in [-0.05, 0) is 26.6 Å². The maximum Gasteiger partial charge on any atom is 0.228 e. The monoisotopic (exact) mass is 503 g/mol. The number of halogens is 2. The quantitative estimate of drug-likeness (QED) is 0.473. The van der Waals surface area contributed by atoms with Crippen LogP contribution < -0.4 is 19.5 Å². The Kier molecular flexibility index (Phi) is 8.16. The highest BCUT2D eigenvalue weighted by Crippen LogP contribution is 2.32. The van der Waals surface area contributed by atoms with Gasteiger partial charge in [-0.3, -0.25) is 9.58 Å². The van der Waals surface area contributed by atoms with Crippen molar-refractivity contribution >= 4 is 11.8 Å². The van der Waals surface area contributed by atoms with Crippen LogP contribution in [0.5, 0.6) is 17.2 Å². The molecule has 0 unspecified atom stereocenters. The summed E-state index contributed by atoms with van der Waals surface area (Å²) in [4.78, 5) is 13.2. The van der Waals surface area contributed by atoms with Gasteiger partial charge < -0.3 is 24.4 Å². The maximum absolute atomic E-state index is 14.5. The van der Waals surface area contributed by atoms with Crippen LogP contribution in [0.25, 0.3) is 0 Å². The molecule has 4 rings (SSSR count). The summed E-state index contributed by atoms with van der Waals surface area (Å²) in [6.07, 6.45) is 3.98. The molecule has 1 aliphatic rings. The Morgan fingerprint density at radius 3 is 2.31 bits per heavy atom. The molecule has 12 heteroatoms. The van der Waals surface area contributed by atoms with E-state index in [4.69, 9.17) is 14.2 Å². The average Bonchev–Trinajstić information content (AvgIpc) is 3.07. The summed E-state index contributed by atoms with van der Waals surface area (Å²) < 4.78 is 46.3. The first-order chi connectivity index (χ1) is 17.4. The number of nitrogens with zero attached hydrogens (tertiary/aromatic N) is 6. The molecule has 0 bridgehead atoms. The van der Waals surface area contributed by atoms with E-state index in [0.717, 1.165) is 50.9 Å². The van der Waals surface area contributed by atoms with Gasteiger partial charge in [0.05, 0.1) is 37.9 Å². The van der Waals surface area contributed by atoms with E-state index in [9.17, 15) is 8.78 Å². The van der Waals surface area contributed by atoms with Crippen LogP contribution in [0.3, 0.4) is 0 Å². The number of anilines is 2. The fraction of sp³-hybridized carbons (Fsp3) is 0.458. The normalized spacial score (nSPS) is 14.9. The Hall–Kier alpha value is -3.51. The van der Waals surface area contributed by atoms with E-state index in [1.165, 1.54) is 26.6 Å². The SMILES string of the molecule is COc1cc(OC)c(F)c(COc2cnc(Nc3cc(CN4CCCN(C)CC4)n(C)n3)nc2)c1F. The summed E-state index contributed by atoms with van der Waals surface area (Å²) in [6.45, 7) is 4.66. The molecule has 194 valence electrons. The van der Waals surface area contributed by atoms with Crippen molar-refractivity contribution in [3.63, 3.8) is 0 Å². The van der Waals surface area contributed by atoms with E-state index in [0.29, 0.717) is 11.8 Å². The lowest BCUT2D eigenvalue weighted by Crippen LogP contribution is -2.29. The van der Waals surface area contributed by atoms with E-state index in [-0.39, 0.29) is 22.8 Å². The Morgan fingerprint density at radius 1 is 0.944 bits per heavy atom. The fourth-order valence-corrected chi connectivity index (χ4v) is 3.99. The molecule has 3 aromatic rings. The second kappa shape index (κ2) is 11.5. The number of aryl methyl sites for hydroxylation is 1. The van der Waals surface area contributed by atoms with Crippen molar-refractivity contribution in [2.24, 2.45) is 7.05 Å². The third-order valence-electron chi connectivity index (χ3n) is 6.09. The predicted octanol–water partition coefficient (Wildman–Crippen LogP) is 2.97. The van der Waals surface area contributed by atoms with Crippen LogP contribution in [-0.2, 0) is 20.2 Å². The lowest BCUT2D eigenvalue weighted by atomic mass is 10.1. The fourth-order valence-electron chi connectivity index (χ4n) is 3.99. The van der Waals surface area contributed by atoms with Crippen LogP contribution in [-0.4, -0.2) is 77.0 Å². The van der Waals surface area contributed by atoms with Crippen molar-refractivity contribution in [2.45, 2.75) is 19.6 Å². The van der Waals surface area contributed by atoms with Crippen molar-refractivity contribution < 1.29 is 23.0 Å². The predicted molar refractivity (Wildman–Crippen MR) is 130 cm³/mol. The molecular formula is C24H31F2N7O3. The topological polar surface area (TPSA) is 89.8 Å². The molecule has 1 fully saturated rings. The van der Waals surface area contributed by atoms with Gasteiger partial charge in [-0.25, -0.2) is 18.7 Å². The number of methoxy groups -OCH3 is 2. The number of nitrogens with one attached hydrogen (secondary N) is 1. The van der Waals surface area contributed by atoms with Crippen molar-refractivity contribution in [3.05, 3.63) is 47.4 Å². The molecule has 1 saturated heterocycles. The molecule has 0 saturated carbocycles. The van der Waals surface area contributed by atoms with Gasteiger partial charge in [0.15, 0.2) is 34.7 Å². The largest absolute Gasteiger partial charge is 0.494 e. The lowest BCUT2D eigenvalue weighted by molar-refractivity contribution is 0.263. The molecule has 36 heavy (non-hydrogen) atoms. The van der Waals surface area contributed by atoms with Crippen molar-refractivity contribution in [3.8, 4) is 17.2 Å². The number of hydrogen-bond acceptors (Lipinski definition) is 9. The zero-order chi connectivity index (χ0) is 25.7. The number of likely N-dealkylation sites (N-methyl/N-ethyl adjacent to an activating group) is 1. The molecule has 0 aliphatic carbocycles. The number of benzene rings is 1. The Labute approximate surface area is 208 Å². The Bertz CT molecular complexity index is 1150. The van der Waals surface area contributed by atoms with Crippen molar-refractivity contribution in [1.29, 1.82) is 0 Å². The van der Waals surface area contributed by atoms with Crippen LogP contribution in [0.15, 0.2) is 24.5 Å². The number of rotatable bonds is 9. The molecule has 3 heterocycles. The van der Waals surface area contributed by atoms with Crippen LogP contribution in [0.2, 0.25) is 0 Å². The maximum atomic E-state index is 14.5. The van der Waals surface area contributed by atoms with Gasteiger partial charge in [0, 0.05) is 38.8 Å². The molecule has 0 radical (unpaired) electrons. The molecule has 1 N–H and O–H groups in total. The van der Waals surface area contributed by atoms with Gasteiger partial charge in [0.1, 0.15) is 6.61 Å². The van der Waals surface area contributed by atoms with E-state index in [1.54, 1.807) is 0 Å². The number of hydrogen-bond donors (Lipinski definition) is 1. The van der Waals surface area contributed by atoms with Gasteiger partial charge in [-0.15, -0.1) is 0 Å². The number of ether oxygens (including phenoxy) is 3. The lowest BCUT2D eigenvalue weighted by Gasteiger charge is -2.19. The Balaban J connectivity index is 1.37. The summed E-state index contributed by atoms with van der Waals surface area (Å²) in [5, 5.41) is 7.59. The van der Waals surface area contributed by atoms with Crippen molar-refractivity contribution in [2.75, 3.05) is 52.8 Å². The minimum Gasteiger partial charge on any atom is -0.494 e. The summed E-state index contributed by atoms with van der Waals surface area (Å²) in [5.74, 6) is -0.791. The minimum atomic E-state index is -0.854. The van der Waals surface area contributed by atoms with E-state index in [1.807, 2.05) is 17.8 Å². The molecule has 0 spiro atoms. The van der Waals surface area contributed by atoms with Gasteiger partial charge in [0.2, 0.25) is 5.95 Å². The first kappa shape index (κ1) is 25.6. The molecule has 0 atom stereocenters. The highest BCUT2D eigenvalue weighted by molar-refractivity contribution is 5.48. The second-order valence-electron chi connectivity index (χ2n) is 8.62. The summed E-state index contributed by atoms with van der Waals surface area (Å²) >= 11 is 0. The van der Waals surface area contributed by atoms with Gasteiger partial charge in [-0.1, -0.05) is 0 Å². The smallest absolute Gasteiger partial charge is 0.228 e. The molecular weight excluding hydrogens is 472 g/mol. The zero-order valence-electron chi connectivity index (χ0n) is 20.9. The second-order valence-corrected chi connectivity index (χ2v) is 8.62. The summed E-state index contributed by atoms with van der Waals surface area (Å²) in [7, 11) is 6.64. The van der Waals surface area contributed by atoms with E-state index in [2.05, 4.69) is 37.2 Å². The molecule has 2 aromatic heterocycles. The highest BCUT2D eigenvalue weighted by atomic mass is 19.1. The van der Waals surface area contributed by atoms with Gasteiger partial charge >= 0.3 is 0 Å². The van der Waals surface area contributed by atoms with Crippen molar-refractivity contribution in [1.82, 2.24) is 29.5 Å². The third kappa shape index (κ3) is 6.00. The third-order valence-corrected chi connectivity index (χ3v) is 6.09. The van der Waals surface area contributed by atoms with Crippen LogP contribution in [0.4, 0.5) is 20.5 Å². The summed E-state index contributed by atoms with van der Waals surface area (Å²) in [6, 6.07) is 3.12. The van der Waals surface area contributed by atoms with E-state index < -0.39 is 18.2 Å². The van der Waals surface area contributed by atoms with E-state index >= 15 is 0 Å².